The van der Waals surface area contributed by atoms with Crippen LogP contribution in [0, 0.1) is 0 Å². The van der Waals surface area contributed by atoms with Crippen LogP contribution in [0.1, 0.15) is 54.0 Å². The van der Waals surface area contributed by atoms with Gasteiger partial charge in [0.2, 0.25) is 15.9 Å². The number of nitrogens with one attached hydrogen (secondary N) is 2. The third-order valence-corrected chi connectivity index (χ3v) is 7.17. The zero-order chi connectivity index (χ0) is 30.6. The summed E-state index contributed by atoms with van der Waals surface area (Å²) in [6.45, 7) is 3.73. The molecule has 2 unspecified atom stereocenters. The molecule has 1 amide bonds. The number of aliphatic hydroxyl groups excluding tert-OH is 1. The number of alkyl halides is 3. The molecule has 0 bridgehead atoms. The maximum atomic E-state index is 14.2. The van der Waals surface area contributed by atoms with Gasteiger partial charge in [0.05, 0.1) is 29.9 Å². The monoisotopic (exact) mass is 593 g/mol. The third kappa shape index (κ3) is 8.94. The number of hydrogen-bond donors (Lipinski definition) is 5. The lowest BCUT2D eigenvalue weighted by Gasteiger charge is -2.30. The summed E-state index contributed by atoms with van der Waals surface area (Å²) in [5.74, 6) is -5.15. The number of anilines is 1. The fourth-order valence-electron chi connectivity index (χ4n) is 4.75. The van der Waals surface area contributed by atoms with Crippen molar-refractivity contribution in [1.82, 2.24) is 5.32 Å². The van der Waals surface area contributed by atoms with Crippen LogP contribution in [-0.2, 0) is 21.2 Å². The van der Waals surface area contributed by atoms with Crippen molar-refractivity contribution in [3.63, 3.8) is 0 Å². The molecule has 12 heteroatoms. The molecule has 8 nitrogen and oxygen atoms in total. The van der Waals surface area contributed by atoms with Gasteiger partial charge in [0, 0.05) is 12.1 Å². The van der Waals surface area contributed by atoms with Gasteiger partial charge >= 0.3 is 6.18 Å². The smallest absolute Gasteiger partial charge is 0.396 e. The number of β-amino-alcohol motifs (C(OH)–C–C–N with tert-alkyl or cyclic N) is 1. The Morgan fingerprint density at radius 3 is 2.17 bits per heavy atom. The summed E-state index contributed by atoms with van der Waals surface area (Å²) >= 11 is 0. The highest BCUT2D eigenvalue weighted by Crippen LogP contribution is 2.45. The number of halogens is 3. The number of primary amides is 1. The number of phenols is 1. The predicted molar refractivity (Wildman–Crippen MR) is 151 cm³/mol. The largest absolute Gasteiger partial charge is 0.506 e. The van der Waals surface area contributed by atoms with E-state index in [0.29, 0.717) is 17.5 Å². The molecule has 0 saturated carbocycles. The molecule has 0 fully saturated rings. The number of sulfonamides is 1. The molecule has 6 N–H and O–H groups in total. The molecule has 0 radical (unpaired) electrons. The van der Waals surface area contributed by atoms with Crippen LogP contribution in [0.15, 0.2) is 72.8 Å². The summed E-state index contributed by atoms with van der Waals surface area (Å²) in [6.07, 6.45) is -4.53. The molecule has 0 saturated heterocycles. The SMILES string of the molecule is CC(C)(Cc1cccc(C(C(N)=O)C(c2ccccc2)C(F)(F)F)c1)NC[C@H](O)c1ccc(O)c(NS(C)(=O)=O)c1. The van der Waals surface area contributed by atoms with Crippen molar-refractivity contribution >= 4 is 21.6 Å². The standard InChI is InChI=1S/C29H34F3N3O5S/c1-28(2,34-17-24(37)20-12-13-23(36)22(15-20)35-41(3,39)40)16-18-8-7-11-21(14-18)25(27(33)38)26(29(30,31)32)19-9-5-4-6-10-19/h4-15,24-26,34-37H,16-17H2,1-3H3,(H2,33,38)/t24-,25?,26?/m0/s1. The van der Waals surface area contributed by atoms with Gasteiger partial charge in [0.15, 0.2) is 0 Å². The number of phenolic OH excluding ortho intramolecular Hbond substituents is 1. The number of carbonyl (C=O) groups is 1. The van der Waals surface area contributed by atoms with Crippen molar-refractivity contribution in [3.8, 4) is 5.75 Å². The van der Waals surface area contributed by atoms with Crippen LogP contribution in [0.4, 0.5) is 18.9 Å². The fourth-order valence-corrected chi connectivity index (χ4v) is 5.32. The van der Waals surface area contributed by atoms with Crippen LogP contribution in [-0.4, -0.2) is 49.1 Å². The van der Waals surface area contributed by atoms with Gasteiger partial charge in [-0.05, 0) is 54.7 Å². The lowest BCUT2D eigenvalue weighted by atomic mass is 9.79. The van der Waals surface area contributed by atoms with Crippen LogP contribution in [0.3, 0.4) is 0 Å². The molecule has 41 heavy (non-hydrogen) atoms. The molecular formula is C29H34F3N3O5S. The second-order valence-electron chi connectivity index (χ2n) is 10.7. The Bertz CT molecular complexity index is 1460. The Balaban J connectivity index is 1.79. The number of nitrogens with two attached hydrogens (primary N) is 1. The lowest BCUT2D eigenvalue weighted by Crippen LogP contribution is -2.43. The number of aliphatic hydroxyl groups is 1. The Kier molecular flexibility index (Phi) is 9.73. The maximum absolute atomic E-state index is 14.2. The van der Waals surface area contributed by atoms with Gasteiger partial charge in [0.1, 0.15) is 5.75 Å². The van der Waals surface area contributed by atoms with E-state index in [0.717, 1.165) is 6.26 Å². The molecule has 222 valence electrons. The van der Waals surface area contributed by atoms with Gasteiger partial charge in [-0.15, -0.1) is 0 Å². The molecule has 0 aromatic heterocycles. The molecule has 0 heterocycles. The molecule has 0 spiro atoms. The fraction of sp³-hybridized carbons (Fsp3) is 0.345. The number of carbonyl (C=O) groups excluding carboxylic acids is 1. The predicted octanol–water partition coefficient (Wildman–Crippen LogP) is 4.32. The first-order valence-electron chi connectivity index (χ1n) is 12.7. The zero-order valence-corrected chi connectivity index (χ0v) is 23.6. The minimum atomic E-state index is -4.72. The molecule has 3 atom stereocenters. The molecule has 3 aromatic carbocycles. The van der Waals surface area contributed by atoms with E-state index in [1.54, 1.807) is 24.3 Å². The number of amides is 1. The van der Waals surface area contributed by atoms with Gasteiger partial charge in [-0.25, -0.2) is 8.42 Å². The topological polar surface area (TPSA) is 142 Å². The molecule has 3 aromatic rings. The average molecular weight is 594 g/mol. The number of benzene rings is 3. The quantitative estimate of drug-likeness (QED) is 0.198. The van der Waals surface area contributed by atoms with Gasteiger partial charge in [-0.2, -0.15) is 13.2 Å². The number of hydrogen-bond acceptors (Lipinski definition) is 6. The van der Waals surface area contributed by atoms with E-state index in [2.05, 4.69) is 10.0 Å². The molecule has 3 rings (SSSR count). The zero-order valence-electron chi connectivity index (χ0n) is 22.8. The first-order valence-corrected chi connectivity index (χ1v) is 14.6. The first kappa shape index (κ1) is 31.9. The maximum Gasteiger partial charge on any atom is 0.396 e. The van der Waals surface area contributed by atoms with E-state index < -0.39 is 45.6 Å². The van der Waals surface area contributed by atoms with Gasteiger partial charge in [0.25, 0.3) is 0 Å². The highest BCUT2D eigenvalue weighted by molar-refractivity contribution is 7.92. The van der Waals surface area contributed by atoms with Crippen molar-refractivity contribution in [2.45, 2.75) is 49.9 Å². The summed E-state index contributed by atoms with van der Waals surface area (Å²) in [7, 11) is -3.66. The second-order valence-corrected chi connectivity index (χ2v) is 12.4. The van der Waals surface area contributed by atoms with Crippen LogP contribution < -0.4 is 15.8 Å². The Morgan fingerprint density at radius 1 is 0.951 bits per heavy atom. The van der Waals surface area contributed by atoms with E-state index in [-0.39, 0.29) is 29.1 Å². The van der Waals surface area contributed by atoms with E-state index in [1.165, 1.54) is 48.5 Å². The molecular weight excluding hydrogens is 559 g/mol. The normalized spacial score (nSPS) is 14.7. The summed E-state index contributed by atoms with van der Waals surface area (Å²) in [4.78, 5) is 12.4. The highest BCUT2D eigenvalue weighted by Gasteiger charge is 2.48. The van der Waals surface area contributed by atoms with E-state index in [4.69, 9.17) is 5.73 Å². The van der Waals surface area contributed by atoms with E-state index in [9.17, 15) is 36.6 Å². The summed E-state index contributed by atoms with van der Waals surface area (Å²) in [6, 6.07) is 17.6. The third-order valence-electron chi connectivity index (χ3n) is 6.58. The second kappa shape index (κ2) is 12.5. The molecule has 0 aliphatic rings. The minimum absolute atomic E-state index is 0.0455. The van der Waals surface area contributed by atoms with Crippen molar-refractivity contribution in [2.75, 3.05) is 17.5 Å². The van der Waals surface area contributed by atoms with Crippen LogP contribution >= 0.6 is 0 Å². The Hall–Kier alpha value is -3.61. The average Bonchev–Trinajstić information content (AvgIpc) is 2.85. The first-order chi connectivity index (χ1) is 19.0. The number of rotatable bonds is 12. The van der Waals surface area contributed by atoms with Gasteiger partial charge in [-0.3, -0.25) is 9.52 Å². The van der Waals surface area contributed by atoms with Crippen LogP contribution in [0.5, 0.6) is 5.75 Å². The molecule has 0 aliphatic heterocycles. The van der Waals surface area contributed by atoms with E-state index >= 15 is 0 Å². The molecule has 0 aliphatic carbocycles. The van der Waals surface area contributed by atoms with Gasteiger partial charge < -0.3 is 21.3 Å². The number of aromatic hydroxyl groups is 1. The Morgan fingerprint density at radius 2 is 1.59 bits per heavy atom. The highest BCUT2D eigenvalue weighted by atomic mass is 32.2. The lowest BCUT2D eigenvalue weighted by molar-refractivity contribution is -0.160. The summed E-state index contributed by atoms with van der Waals surface area (Å²) in [5, 5.41) is 23.8. The van der Waals surface area contributed by atoms with Crippen LogP contribution in [0.2, 0.25) is 0 Å². The van der Waals surface area contributed by atoms with Crippen LogP contribution in [0.25, 0.3) is 0 Å². The van der Waals surface area contributed by atoms with Crippen molar-refractivity contribution < 1.29 is 36.6 Å². The van der Waals surface area contributed by atoms with E-state index in [1.807, 2.05) is 13.8 Å². The van der Waals surface area contributed by atoms with Crippen molar-refractivity contribution in [2.24, 2.45) is 5.73 Å². The van der Waals surface area contributed by atoms with Gasteiger partial charge in [-0.1, -0.05) is 60.7 Å². The minimum Gasteiger partial charge on any atom is -0.506 e. The summed E-state index contributed by atoms with van der Waals surface area (Å²) < 4.78 is 68.0. The summed E-state index contributed by atoms with van der Waals surface area (Å²) in [5.41, 5.74) is 5.89. The van der Waals surface area contributed by atoms with Crippen molar-refractivity contribution in [3.05, 3.63) is 95.1 Å². The van der Waals surface area contributed by atoms with Crippen molar-refractivity contribution in [1.29, 1.82) is 0 Å². The Labute approximate surface area is 237 Å².